The second kappa shape index (κ2) is 11.5. The molecule has 5 rings (SSSR count). The van der Waals surface area contributed by atoms with Crippen molar-refractivity contribution >= 4 is 34.2 Å². The minimum absolute atomic E-state index is 0.108. The van der Waals surface area contributed by atoms with E-state index in [1.807, 2.05) is 0 Å². The molecule has 1 amide bonds. The molecular weight excluding hydrogens is 528 g/mol. The Bertz CT molecular complexity index is 1500. The average molecular weight is 556 g/mol. The molecule has 0 unspecified atom stereocenters. The number of likely N-dealkylation sites (tertiary alicyclic amines) is 1. The van der Waals surface area contributed by atoms with Crippen LogP contribution in [0.1, 0.15) is 33.9 Å². The van der Waals surface area contributed by atoms with Crippen LogP contribution in [0.5, 0.6) is 5.75 Å². The summed E-state index contributed by atoms with van der Waals surface area (Å²) in [4.78, 5) is 32.2. The van der Waals surface area contributed by atoms with Crippen LogP contribution in [-0.2, 0) is 11.4 Å². The summed E-state index contributed by atoms with van der Waals surface area (Å²) in [5, 5.41) is 11.6. The number of hydrogen-bond acceptors (Lipinski definition) is 7. The minimum atomic E-state index is -1.07. The van der Waals surface area contributed by atoms with Crippen molar-refractivity contribution in [1.82, 2.24) is 14.8 Å². The molecule has 8 nitrogen and oxygen atoms in total. The van der Waals surface area contributed by atoms with E-state index in [1.165, 1.54) is 22.5 Å². The predicted octanol–water partition coefficient (Wildman–Crippen LogP) is 5.34. The van der Waals surface area contributed by atoms with Crippen molar-refractivity contribution in [2.75, 3.05) is 32.7 Å². The highest BCUT2D eigenvalue weighted by Crippen LogP contribution is 2.35. The van der Waals surface area contributed by atoms with Crippen LogP contribution >= 0.6 is 11.3 Å². The van der Waals surface area contributed by atoms with Gasteiger partial charge in [-0.2, -0.15) is 0 Å². The zero-order valence-electron chi connectivity index (χ0n) is 21.3. The molecule has 0 spiro atoms. The van der Waals surface area contributed by atoms with Crippen LogP contribution in [0.3, 0.4) is 0 Å². The van der Waals surface area contributed by atoms with Gasteiger partial charge in [-0.1, -0.05) is 12.1 Å². The van der Waals surface area contributed by atoms with E-state index >= 15 is 0 Å². The summed E-state index contributed by atoms with van der Waals surface area (Å²) >= 11 is 1.25. The van der Waals surface area contributed by atoms with Gasteiger partial charge in [0.25, 0.3) is 5.91 Å². The van der Waals surface area contributed by atoms with Gasteiger partial charge < -0.3 is 24.1 Å². The number of hydrogen-bond donors (Lipinski definition) is 1. The number of fused-ring (bicyclic) bond motifs is 1. The number of halogens is 2. The molecule has 2 aromatic carbocycles. The van der Waals surface area contributed by atoms with Gasteiger partial charge in [0.1, 0.15) is 35.2 Å². The summed E-state index contributed by atoms with van der Waals surface area (Å²) in [6.07, 6.45) is 3.63. The fraction of sp³-hybridized carbons (Fsp3) is 0.321. The number of carbonyl (C=O) groups is 2. The molecule has 204 valence electrons. The molecule has 11 heteroatoms. The van der Waals surface area contributed by atoms with Gasteiger partial charge in [-0.3, -0.25) is 9.59 Å². The molecule has 39 heavy (non-hydrogen) atoms. The normalized spacial score (nSPS) is 13.7. The van der Waals surface area contributed by atoms with Gasteiger partial charge in [0.2, 0.25) is 0 Å². The SMILES string of the molecule is Cc1coc2c(-c3ccc(OCc4nc(C(=O)N(CCN5CCCC5)CC(=O)O)cs4)cc3)cc(F)c(F)c12. The standard InChI is InChI=1S/C28H27F2N3O5S/c1-17-14-38-27-20(12-21(29)26(30)25(17)27)18-4-6-19(7-5-18)37-15-23-31-22(16-39-23)28(36)33(13-24(34)35)11-10-32-8-2-3-9-32/h4-7,12,14,16H,2-3,8-11,13,15H2,1H3,(H,34,35). The van der Waals surface area contributed by atoms with Crippen molar-refractivity contribution < 1.29 is 32.6 Å². The molecule has 1 aliphatic heterocycles. The van der Waals surface area contributed by atoms with E-state index in [1.54, 1.807) is 36.6 Å². The summed E-state index contributed by atoms with van der Waals surface area (Å²) in [6.45, 7) is 4.25. The Balaban J connectivity index is 1.23. The third-order valence-corrected chi connectivity index (χ3v) is 7.54. The Morgan fingerprint density at radius 2 is 1.95 bits per heavy atom. The third kappa shape index (κ3) is 5.94. The first-order chi connectivity index (χ1) is 18.8. The Hall–Kier alpha value is -3.83. The van der Waals surface area contributed by atoms with Crippen LogP contribution in [0.15, 0.2) is 46.4 Å². The van der Waals surface area contributed by atoms with Gasteiger partial charge >= 0.3 is 5.97 Å². The molecule has 1 saturated heterocycles. The predicted molar refractivity (Wildman–Crippen MR) is 142 cm³/mol. The van der Waals surface area contributed by atoms with Gasteiger partial charge in [-0.05, 0) is 62.2 Å². The summed E-state index contributed by atoms with van der Waals surface area (Å²) in [5.41, 5.74) is 2.05. The monoisotopic (exact) mass is 555 g/mol. The lowest BCUT2D eigenvalue weighted by Crippen LogP contribution is -2.41. The first-order valence-corrected chi connectivity index (χ1v) is 13.4. The molecule has 1 N–H and O–H groups in total. The number of ether oxygens (including phenoxy) is 1. The highest BCUT2D eigenvalue weighted by molar-refractivity contribution is 7.09. The summed E-state index contributed by atoms with van der Waals surface area (Å²) in [5.74, 6) is -2.85. The second-order valence-electron chi connectivity index (χ2n) is 9.45. The number of aromatic nitrogens is 1. The number of aryl methyl sites for hydroxylation is 1. The van der Waals surface area contributed by atoms with Crippen LogP contribution in [0.2, 0.25) is 0 Å². The number of aliphatic carboxylic acids is 1. The van der Waals surface area contributed by atoms with E-state index in [0.29, 0.717) is 40.5 Å². The van der Waals surface area contributed by atoms with E-state index in [-0.39, 0.29) is 29.8 Å². The number of amides is 1. The molecule has 3 heterocycles. The number of carboxylic acids is 1. The molecule has 4 aromatic rings. The quantitative estimate of drug-likeness (QED) is 0.282. The molecule has 0 atom stereocenters. The Morgan fingerprint density at radius 1 is 1.21 bits per heavy atom. The van der Waals surface area contributed by atoms with Crippen molar-refractivity contribution in [1.29, 1.82) is 0 Å². The lowest BCUT2D eigenvalue weighted by Gasteiger charge is -2.23. The lowest BCUT2D eigenvalue weighted by atomic mass is 10.0. The maximum absolute atomic E-state index is 14.3. The number of furan rings is 1. The molecule has 1 aliphatic rings. The van der Waals surface area contributed by atoms with Gasteiger partial charge in [0, 0.05) is 24.0 Å². The third-order valence-electron chi connectivity index (χ3n) is 6.72. The van der Waals surface area contributed by atoms with Crippen LogP contribution in [0.4, 0.5) is 8.78 Å². The van der Waals surface area contributed by atoms with E-state index in [4.69, 9.17) is 9.15 Å². The molecule has 0 radical (unpaired) electrons. The van der Waals surface area contributed by atoms with Crippen molar-refractivity contribution in [2.24, 2.45) is 0 Å². The molecule has 0 aliphatic carbocycles. The van der Waals surface area contributed by atoms with Gasteiger partial charge in [-0.25, -0.2) is 13.8 Å². The van der Waals surface area contributed by atoms with E-state index in [0.717, 1.165) is 32.0 Å². The minimum Gasteiger partial charge on any atom is -0.486 e. The fourth-order valence-electron chi connectivity index (χ4n) is 4.70. The van der Waals surface area contributed by atoms with Crippen molar-refractivity contribution in [3.05, 3.63) is 69.9 Å². The zero-order valence-corrected chi connectivity index (χ0v) is 22.1. The zero-order chi connectivity index (χ0) is 27.5. The van der Waals surface area contributed by atoms with Crippen molar-refractivity contribution in [3.8, 4) is 16.9 Å². The molecular formula is C28H27F2N3O5S. The lowest BCUT2D eigenvalue weighted by molar-refractivity contribution is -0.137. The fourth-order valence-corrected chi connectivity index (χ4v) is 5.38. The number of rotatable bonds is 10. The summed E-state index contributed by atoms with van der Waals surface area (Å²) in [7, 11) is 0. The molecule has 2 aromatic heterocycles. The topological polar surface area (TPSA) is 96.1 Å². The highest BCUT2D eigenvalue weighted by atomic mass is 32.1. The van der Waals surface area contributed by atoms with Crippen molar-refractivity contribution in [3.63, 3.8) is 0 Å². The maximum atomic E-state index is 14.3. The van der Waals surface area contributed by atoms with Gasteiger partial charge in [0.15, 0.2) is 11.6 Å². The van der Waals surface area contributed by atoms with Gasteiger partial charge in [-0.15, -0.1) is 11.3 Å². The Labute approximate surface area is 227 Å². The Kier molecular flexibility index (Phi) is 7.89. The second-order valence-corrected chi connectivity index (χ2v) is 10.4. The summed E-state index contributed by atoms with van der Waals surface area (Å²) < 4.78 is 39.8. The first-order valence-electron chi connectivity index (χ1n) is 12.6. The molecule has 0 saturated carbocycles. The van der Waals surface area contributed by atoms with Crippen molar-refractivity contribution in [2.45, 2.75) is 26.4 Å². The largest absolute Gasteiger partial charge is 0.486 e. The Morgan fingerprint density at radius 3 is 2.67 bits per heavy atom. The average Bonchev–Trinajstić information content (AvgIpc) is 3.69. The number of nitrogens with zero attached hydrogens (tertiary/aromatic N) is 3. The van der Waals surface area contributed by atoms with E-state index in [9.17, 15) is 23.5 Å². The van der Waals surface area contributed by atoms with Crippen LogP contribution in [0, 0.1) is 18.6 Å². The first kappa shape index (κ1) is 26.8. The maximum Gasteiger partial charge on any atom is 0.323 e. The van der Waals surface area contributed by atoms with Gasteiger partial charge in [0.05, 0.1) is 11.6 Å². The van der Waals surface area contributed by atoms with Crippen LogP contribution in [0.25, 0.3) is 22.1 Å². The number of carboxylic acid groups (broad SMARTS) is 1. The number of thiazole rings is 1. The van der Waals surface area contributed by atoms with Crippen LogP contribution in [-0.4, -0.2) is 64.5 Å². The van der Waals surface area contributed by atoms with E-state index in [2.05, 4.69) is 9.88 Å². The highest BCUT2D eigenvalue weighted by Gasteiger charge is 2.23. The summed E-state index contributed by atoms with van der Waals surface area (Å²) in [6, 6.07) is 7.96. The smallest absolute Gasteiger partial charge is 0.323 e. The van der Waals surface area contributed by atoms with E-state index < -0.39 is 23.5 Å². The van der Waals surface area contributed by atoms with Crippen LogP contribution < -0.4 is 4.74 Å². The molecule has 0 bridgehead atoms. The number of benzene rings is 2. The molecule has 1 fully saturated rings. The number of carbonyl (C=O) groups excluding carboxylic acids is 1.